The summed E-state index contributed by atoms with van der Waals surface area (Å²) in [6.07, 6.45) is 1.92. The number of nitrogens with one attached hydrogen (secondary N) is 2. The number of nitrogens with two attached hydrogens (primary N) is 1. The van der Waals surface area contributed by atoms with E-state index < -0.39 is 11.9 Å². The molecule has 0 aliphatic rings. The number of carbonyl (C=O) groups is 2. The summed E-state index contributed by atoms with van der Waals surface area (Å²) < 4.78 is 5.28. The Kier molecular flexibility index (Phi) is 4.61. The van der Waals surface area contributed by atoms with Crippen LogP contribution < -0.4 is 16.4 Å². The number of primary amides is 1. The molecule has 6 N–H and O–H groups in total. The number of fused-ring (bicyclic) bond motifs is 1. The molecule has 0 bridgehead atoms. The van der Waals surface area contributed by atoms with Crippen LogP contribution >= 0.6 is 0 Å². The molecule has 0 unspecified atom stereocenters. The largest absolute Gasteiger partial charge is 0.504 e. The summed E-state index contributed by atoms with van der Waals surface area (Å²) in [5, 5.41) is 24.4. The van der Waals surface area contributed by atoms with Crippen molar-refractivity contribution in [3.05, 3.63) is 47.9 Å². The van der Waals surface area contributed by atoms with E-state index >= 15 is 0 Å². The summed E-state index contributed by atoms with van der Waals surface area (Å²) >= 11 is 0. The van der Waals surface area contributed by atoms with Gasteiger partial charge >= 0.3 is 6.03 Å². The summed E-state index contributed by atoms with van der Waals surface area (Å²) in [5.74, 6) is -1.44. The highest BCUT2D eigenvalue weighted by atomic mass is 16.4. The molecule has 0 radical (unpaired) electrons. The van der Waals surface area contributed by atoms with Gasteiger partial charge in [0.2, 0.25) is 11.5 Å². The summed E-state index contributed by atoms with van der Waals surface area (Å²) in [7, 11) is 0. The smallest absolute Gasteiger partial charge is 0.319 e. The van der Waals surface area contributed by atoms with Crippen molar-refractivity contribution in [1.29, 1.82) is 0 Å². The quantitative estimate of drug-likeness (QED) is 0.439. The fourth-order valence-corrected chi connectivity index (χ4v) is 2.43. The van der Waals surface area contributed by atoms with Crippen molar-refractivity contribution in [3.63, 3.8) is 0 Å². The number of aromatic hydroxyl groups is 2. The second-order valence-corrected chi connectivity index (χ2v) is 5.48. The van der Waals surface area contributed by atoms with Gasteiger partial charge in [-0.05, 0) is 36.2 Å². The third kappa shape index (κ3) is 3.51. The Balaban J connectivity index is 1.66. The van der Waals surface area contributed by atoms with Crippen molar-refractivity contribution < 1.29 is 24.2 Å². The van der Waals surface area contributed by atoms with Crippen LogP contribution in [0.2, 0.25) is 0 Å². The van der Waals surface area contributed by atoms with Crippen LogP contribution in [0.25, 0.3) is 11.1 Å². The SMILES string of the molecule is NC(=O)c1oc2ncccc2c1NC(=O)NCCc1ccc(O)c(O)c1. The predicted molar refractivity (Wildman–Crippen MR) is 93.0 cm³/mol. The van der Waals surface area contributed by atoms with E-state index in [0.717, 1.165) is 5.56 Å². The molecule has 0 spiro atoms. The Labute approximate surface area is 147 Å². The summed E-state index contributed by atoms with van der Waals surface area (Å²) in [6.45, 7) is 0.260. The number of benzene rings is 1. The zero-order valence-corrected chi connectivity index (χ0v) is 13.5. The van der Waals surface area contributed by atoms with E-state index in [-0.39, 0.29) is 35.2 Å². The molecule has 9 nitrogen and oxygen atoms in total. The Morgan fingerprint density at radius 1 is 1.19 bits per heavy atom. The van der Waals surface area contributed by atoms with Crippen LogP contribution in [0.1, 0.15) is 16.1 Å². The summed E-state index contributed by atoms with van der Waals surface area (Å²) in [6, 6.07) is 7.15. The molecule has 2 aromatic heterocycles. The molecule has 3 amide bonds. The number of anilines is 1. The number of nitrogens with zero attached hydrogens (tertiary/aromatic N) is 1. The molecule has 0 saturated carbocycles. The molecule has 134 valence electrons. The molecule has 0 fully saturated rings. The minimum absolute atomic E-state index is 0.153. The van der Waals surface area contributed by atoms with Gasteiger partial charge in [-0.25, -0.2) is 9.78 Å². The van der Waals surface area contributed by atoms with Crippen LogP contribution in [-0.2, 0) is 6.42 Å². The van der Waals surface area contributed by atoms with Crippen molar-refractivity contribution >= 4 is 28.7 Å². The van der Waals surface area contributed by atoms with Gasteiger partial charge in [0, 0.05) is 12.7 Å². The Morgan fingerprint density at radius 2 is 2.00 bits per heavy atom. The van der Waals surface area contributed by atoms with Gasteiger partial charge in [0.05, 0.1) is 5.39 Å². The maximum Gasteiger partial charge on any atom is 0.319 e. The number of amides is 3. The van der Waals surface area contributed by atoms with Crippen LogP contribution in [0.4, 0.5) is 10.5 Å². The normalized spacial score (nSPS) is 10.6. The number of furan rings is 1. The van der Waals surface area contributed by atoms with Crippen LogP contribution in [0.3, 0.4) is 0 Å². The van der Waals surface area contributed by atoms with Crippen LogP contribution in [-0.4, -0.2) is 33.7 Å². The third-order valence-electron chi connectivity index (χ3n) is 3.67. The number of hydrogen-bond donors (Lipinski definition) is 5. The number of phenolic OH excluding ortho intramolecular Hbond substituents is 2. The highest BCUT2D eigenvalue weighted by molar-refractivity contribution is 6.09. The van der Waals surface area contributed by atoms with Gasteiger partial charge in [0.15, 0.2) is 11.5 Å². The maximum absolute atomic E-state index is 12.1. The second kappa shape index (κ2) is 7.01. The van der Waals surface area contributed by atoms with Crippen LogP contribution in [0.15, 0.2) is 40.9 Å². The van der Waals surface area contributed by atoms with E-state index in [2.05, 4.69) is 15.6 Å². The van der Waals surface area contributed by atoms with Gasteiger partial charge in [-0.15, -0.1) is 0 Å². The van der Waals surface area contributed by atoms with Gasteiger partial charge in [0.25, 0.3) is 5.91 Å². The lowest BCUT2D eigenvalue weighted by molar-refractivity contribution is 0.0977. The average molecular weight is 356 g/mol. The number of rotatable bonds is 5. The lowest BCUT2D eigenvalue weighted by atomic mass is 10.1. The van der Waals surface area contributed by atoms with Gasteiger partial charge in [-0.2, -0.15) is 0 Å². The molecule has 9 heteroatoms. The molecule has 2 heterocycles. The third-order valence-corrected chi connectivity index (χ3v) is 3.67. The molecule has 0 aliphatic heterocycles. The highest BCUT2D eigenvalue weighted by Crippen LogP contribution is 2.29. The van der Waals surface area contributed by atoms with Gasteiger partial charge in [-0.3, -0.25) is 4.79 Å². The highest BCUT2D eigenvalue weighted by Gasteiger charge is 2.20. The zero-order valence-electron chi connectivity index (χ0n) is 13.5. The van der Waals surface area contributed by atoms with E-state index in [9.17, 15) is 19.8 Å². The molecular weight excluding hydrogens is 340 g/mol. The van der Waals surface area contributed by atoms with E-state index in [0.29, 0.717) is 11.8 Å². The Bertz CT molecular complexity index is 982. The second-order valence-electron chi connectivity index (χ2n) is 5.48. The molecule has 1 aromatic carbocycles. The fraction of sp³-hybridized carbons (Fsp3) is 0.118. The first-order valence-corrected chi connectivity index (χ1v) is 7.68. The van der Waals surface area contributed by atoms with Gasteiger partial charge in [0.1, 0.15) is 5.69 Å². The first-order valence-electron chi connectivity index (χ1n) is 7.68. The number of phenols is 2. The standard InChI is InChI=1S/C17H16N4O5/c18-15(24)14-13(10-2-1-6-19-16(10)26-14)21-17(25)20-7-5-9-3-4-11(22)12(23)8-9/h1-4,6,8,22-23H,5,7H2,(H2,18,24)(H2,20,21,25). The number of pyridine rings is 1. The van der Waals surface area contributed by atoms with E-state index in [4.69, 9.17) is 10.2 Å². The minimum Gasteiger partial charge on any atom is -0.504 e. The molecule has 0 aliphatic carbocycles. The molecule has 3 rings (SSSR count). The monoisotopic (exact) mass is 356 g/mol. The van der Waals surface area contributed by atoms with E-state index in [1.165, 1.54) is 18.3 Å². The van der Waals surface area contributed by atoms with E-state index in [1.54, 1.807) is 18.2 Å². The molecule has 0 saturated heterocycles. The molecule has 26 heavy (non-hydrogen) atoms. The lowest BCUT2D eigenvalue weighted by Gasteiger charge is -2.08. The number of aromatic nitrogens is 1. The van der Waals surface area contributed by atoms with Crippen molar-refractivity contribution in [2.45, 2.75) is 6.42 Å². The maximum atomic E-state index is 12.1. The predicted octanol–water partition coefficient (Wildman–Crippen LogP) is 1.70. The van der Waals surface area contributed by atoms with Crippen molar-refractivity contribution in [2.24, 2.45) is 5.73 Å². The molecular formula is C17H16N4O5. The molecule has 0 atom stereocenters. The molecule has 3 aromatic rings. The van der Waals surface area contributed by atoms with Crippen molar-refractivity contribution in [1.82, 2.24) is 10.3 Å². The van der Waals surface area contributed by atoms with Gasteiger partial charge in [-0.1, -0.05) is 6.07 Å². The minimum atomic E-state index is -0.821. The topological polar surface area (TPSA) is 151 Å². The first kappa shape index (κ1) is 17.1. The number of urea groups is 1. The van der Waals surface area contributed by atoms with Crippen LogP contribution in [0, 0.1) is 0 Å². The Hall–Kier alpha value is -3.75. The number of carbonyl (C=O) groups excluding carboxylic acids is 2. The average Bonchev–Trinajstić information content (AvgIpc) is 2.97. The fourth-order valence-electron chi connectivity index (χ4n) is 2.43. The van der Waals surface area contributed by atoms with Crippen molar-refractivity contribution in [3.8, 4) is 11.5 Å². The Morgan fingerprint density at radius 3 is 2.73 bits per heavy atom. The zero-order chi connectivity index (χ0) is 18.7. The van der Waals surface area contributed by atoms with E-state index in [1.807, 2.05) is 0 Å². The van der Waals surface area contributed by atoms with Crippen molar-refractivity contribution in [2.75, 3.05) is 11.9 Å². The first-order chi connectivity index (χ1) is 12.5. The summed E-state index contributed by atoms with van der Waals surface area (Å²) in [4.78, 5) is 27.6. The van der Waals surface area contributed by atoms with Gasteiger partial charge < -0.3 is 31.0 Å². The number of hydrogen-bond acceptors (Lipinski definition) is 6. The lowest BCUT2D eigenvalue weighted by Crippen LogP contribution is -2.31. The summed E-state index contributed by atoms with van der Waals surface area (Å²) in [5.41, 5.74) is 6.36. The van der Waals surface area contributed by atoms with Crippen LogP contribution in [0.5, 0.6) is 11.5 Å².